The van der Waals surface area contributed by atoms with E-state index in [-0.39, 0.29) is 12.5 Å². The Morgan fingerprint density at radius 3 is 3.19 bits per heavy atom. The highest BCUT2D eigenvalue weighted by atomic mass is 16.3. The fourth-order valence-corrected chi connectivity index (χ4v) is 1.78. The lowest BCUT2D eigenvalue weighted by Gasteiger charge is -2.26. The van der Waals surface area contributed by atoms with Crippen LogP contribution in [0.5, 0.6) is 0 Å². The maximum atomic E-state index is 11.8. The van der Waals surface area contributed by atoms with Gasteiger partial charge in [0.2, 0.25) is 5.91 Å². The van der Waals surface area contributed by atoms with Crippen molar-refractivity contribution in [1.29, 1.82) is 0 Å². The van der Waals surface area contributed by atoms with Crippen LogP contribution in [0, 0.1) is 0 Å². The zero-order valence-electron chi connectivity index (χ0n) is 8.54. The molecular weight excluding hydrogens is 208 g/mol. The van der Waals surface area contributed by atoms with E-state index in [0.717, 1.165) is 11.5 Å². The van der Waals surface area contributed by atoms with Gasteiger partial charge in [0.15, 0.2) is 0 Å². The highest BCUT2D eigenvalue weighted by molar-refractivity contribution is 5.76. The SMILES string of the molecule is O=C1Cn2nncc2CN1Cc1ccco1. The molecule has 2 aromatic heterocycles. The lowest BCUT2D eigenvalue weighted by atomic mass is 10.3. The third kappa shape index (κ3) is 1.48. The number of furan rings is 1. The molecule has 0 saturated heterocycles. The van der Waals surface area contributed by atoms with Gasteiger partial charge in [-0.15, -0.1) is 5.10 Å². The lowest BCUT2D eigenvalue weighted by Crippen LogP contribution is -2.38. The number of fused-ring (bicyclic) bond motifs is 1. The topological polar surface area (TPSA) is 64.2 Å². The summed E-state index contributed by atoms with van der Waals surface area (Å²) in [6.45, 7) is 1.29. The molecular formula is C10H10N4O2. The highest BCUT2D eigenvalue weighted by Crippen LogP contribution is 2.14. The van der Waals surface area contributed by atoms with E-state index in [4.69, 9.17) is 4.42 Å². The van der Waals surface area contributed by atoms with Gasteiger partial charge in [0.1, 0.15) is 12.3 Å². The van der Waals surface area contributed by atoms with Gasteiger partial charge >= 0.3 is 0 Å². The predicted octanol–water partition coefficient (Wildman–Crippen LogP) is 0.413. The number of hydrogen-bond acceptors (Lipinski definition) is 4. The van der Waals surface area contributed by atoms with Crippen molar-refractivity contribution < 1.29 is 9.21 Å². The van der Waals surface area contributed by atoms with Gasteiger partial charge in [0, 0.05) is 0 Å². The summed E-state index contributed by atoms with van der Waals surface area (Å²) >= 11 is 0. The Morgan fingerprint density at radius 2 is 2.38 bits per heavy atom. The molecule has 0 atom stereocenters. The number of aromatic nitrogens is 3. The quantitative estimate of drug-likeness (QED) is 0.732. The summed E-state index contributed by atoms with van der Waals surface area (Å²) in [5.41, 5.74) is 0.950. The normalized spacial score (nSPS) is 15.2. The molecule has 3 rings (SSSR count). The Balaban J connectivity index is 1.80. The van der Waals surface area contributed by atoms with Crippen molar-refractivity contribution >= 4 is 5.91 Å². The van der Waals surface area contributed by atoms with E-state index in [1.807, 2.05) is 12.1 Å². The number of hydrogen-bond donors (Lipinski definition) is 0. The van der Waals surface area contributed by atoms with Gasteiger partial charge in [0.25, 0.3) is 0 Å². The largest absolute Gasteiger partial charge is 0.467 e. The third-order valence-electron chi connectivity index (χ3n) is 2.62. The molecule has 3 heterocycles. The highest BCUT2D eigenvalue weighted by Gasteiger charge is 2.24. The molecule has 16 heavy (non-hydrogen) atoms. The molecule has 0 N–H and O–H groups in total. The van der Waals surface area contributed by atoms with E-state index in [1.165, 1.54) is 0 Å². The summed E-state index contributed by atoms with van der Waals surface area (Å²) in [4.78, 5) is 13.5. The molecule has 0 radical (unpaired) electrons. The van der Waals surface area contributed by atoms with Crippen LogP contribution in [-0.2, 0) is 24.4 Å². The van der Waals surface area contributed by atoms with E-state index in [1.54, 1.807) is 22.0 Å². The van der Waals surface area contributed by atoms with Crippen LogP contribution < -0.4 is 0 Å². The average Bonchev–Trinajstić information content (AvgIpc) is 2.89. The molecule has 6 heteroatoms. The van der Waals surface area contributed by atoms with E-state index in [9.17, 15) is 4.79 Å². The zero-order chi connectivity index (χ0) is 11.0. The van der Waals surface area contributed by atoms with Gasteiger partial charge in [-0.2, -0.15) is 0 Å². The van der Waals surface area contributed by atoms with Gasteiger partial charge < -0.3 is 9.32 Å². The zero-order valence-corrected chi connectivity index (χ0v) is 8.54. The van der Waals surface area contributed by atoms with Crippen molar-refractivity contribution in [3.8, 4) is 0 Å². The molecule has 0 aliphatic carbocycles. The molecule has 1 aliphatic heterocycles. The first-order valence-electron chi connectivity index (χ1n) is 5.00. The van der Waals surface area contributed by atoms with Gasteiger partial charge in [-0.3, -0.25) is 4.79 Å². The van der Waals surface area contributed by atoms with Crippen molar-refractivity contribution in [2.24, 2.45) is 0 Å². The molecule has 0 aromatic carbocycles. The summed E-state index contributed by atoms with van der Waals surface area (Å²) in [5.74, 6) is 0.823. The van der Waals surface area contributed by atoms with Crippen molar-refractivity contribution in [3.05, 3.63) is 36.0 Å². The summed E-state index contributed by atoms with van der Waals surface area (Å²) in [6, 6.07) is 3.67. The lowest BCUT2D eigenvalue weighted by molar-refractivity contribution is -0.135. The van der Waals surface area contributed by atoms with Crippen molar-refractivity contribution in [2.75, 3.05) is 0 Å². The number of rotatable bonds is 2. The van der Waals surface area contributed by atoms with Crippen molar-refractivity contribution in [2.45, 2.75) is 19.6 Å². The maximum absolute atomic E-state index is 11.8. The fourth-order valence-electron chi connectivity index (χ4n) is 1.78. The first-order chi connectivity index (χ1) is 7.83. The number of carbonyl (C=O) groups is 1. The van der Waals surface area contributed by atoms with Gasteiger partial charge in [-0.05, 0) is 12.1 Å². The van der Waals surface area contributed by atoms with Gasteiger partial charge in [-0.1, -0.05) is 5.21 Å². The van der Waals surface area contributed by atoms with E-state index in [2.05, 4.69) is 10.3 Å². The van der Waals surface area contributed by atoms with Crippen LogP contribution in [0.25, 0.3) is 0 Å². The van der Waals surface area contributed by atoms with Crippen LogP contribution in [0.15, 0.2) is 29.0 Å². The Labute approximate surface area is 91.5 Å². The van der Waals surface area contributed by atoms with E-state index in [0.29, 0.717) is 13.1 Å². The monoisotopic (exact) mass is 218 g/mol. The second-order valence-electron chi connectivity index (χ2n) is 3.71. The Bertz CT molecular complexity index is 503. The van der Waals surface area contributed by atoms with Crippen LogP contribution in [0.4, 0.5) is 0 Å². The van der Waals surface area contributed by atoms with Crippen LogP contribution >= 0.6 is 0 Å². The van der Waals surface area contributed by atoms with Gasteiger partial charge in [-0.25, -0.2) is 4.68 Å². The van der Waals surface area contributed by atoms with Crippen molar-refractivity contribution in [1.82, 2.24) is 19.9 Å². The minimum atomic E-state index is 0.0365. The Hall–Kier alpha value is -2.11. The standard InChI is InChI=1S/C10H10N4O2/c15-10-7-14-8(4-11-12-14)5-13(10)6-9-2-1-3-16-9/h1-4H,5-7H2. The summed E-state index contributed by atoms with van der Waals surface area (Å²) in [6.07, 6.45) is 3.29. The molecule has 2 aromatic rings. The van der Waals surface area contributed by atoms with E-state index < -0.39 is 0 Å². The summed E-state index contributed by atoms with van der Waals surface area (Å²) in [7, 11) is 0. The first kappa shape index (κ1) is 9.14. The molecule has 6 nitrogen and oxygen atoms in total. The van der Waals surface area contributed by atoms with Crippen LogP contribution in [0.1, 0.15) is 11.5 Å². The molecule has 1 amide bonds. The van der Waals surface area contributed by atoms with Crippen LogP contribution in [0.3, 0.4) is 0 Å². The second-order valence-corrected chi connectivity index (χ2v) is 3.71. The second kappa shape index (κ2) is 3.48. The minimum Gasteiger partial charge on any atom is -0.467 e. The molecule has 0 bridgehead atoms. The molecule has 1 aliphatic rings. The van der Waals surface area contributed by atoms with E-state index >= 15 is 0 Å². The predicted molar refractivity (Wildman–Crippen MR) is 53.0 cm³/mol. The molecule has 0 spiro atoms. The average molecular weight is 218 g/mol. The van der Waals surface area contributed by atoms with Gasteiger partial charge in [0.05, 0.1) is 31.2 Å². The molecule has 0 fully saturated rings. The molecule has 0 unspecified atom stereocenters. The summed E-state index contributed by atoms with van der Waals surface area (Å²) in [5, 5.41) is 7.61. The third-order valence-corrected chi connectivity index (χ3v) is 2.62. The smallest absolute Gasteiger partial charge is 0.245 e. The fraction of sp³-hybridized carbons (Fsp3) is 0.300. The number of carbonyl (C=O) groups excluding carboxylic acids is 1. The van der Waals surface area contributed by atoms with Crippen molar-refractivity contribution in [3.63, 3.8) is 0 Å². The Morgan fingerprint density at radius 1 is 1.44 bits per heavy atom. The van der Waals surface area contributed by atoms with Crippen LogP contribution in [0.2, 0.25) is 0 Å². The maximum Gasteiger partial charge on any atom is 0.245 e. The minimum absolute atomic E-state index is 0.0365. The number of nitrogens with zero attached hydrogens (tertiary/aromatic N) is 4. The molecule has 82 valence electrons. The van der Waals surface area contributed by atoms with Crippen LogP contribution in [-0.4, -0.2) is 25.8 Å². The molecule has 0 saturated carbocycles. The summed E-state index contributed by atoms with van der Waals surface area (Å²) < 4.78 is 6.85. The first-order valence-corrected chi connectivity index (χ1v) is 5.00. The Kier molecular flexibility index (Phi) is 1.99. The number of amides is 1.